The molecule has 1 unspecified atom stereocenters. The maximum atomic E-state index is 6.03. The zero-order valence-electron chi connectivity index (χ0n) is 11.4. The van der Waals surface area contributed by atoms with Gasteiger partial charge >= 0.3 is 0 Å². The van der Waals surface area contributed by atoms with Crippen molar-refractivity contribution in [3.63, 3.8) is 0 Å². The number of benzene rings is 1. The molecule has 1 heterocycles. The number of pyridine rings is 1. The van der Waals surface area contributed by atoms with Crippen LogP contribution in [0.2, 0.25) is 10.0 Å². The second-order valence-corrected chi connectivity index (χ2v) is 5.26. The molecule has 5 heteroatoms. The van der Waals surface area contributed by atoms with Crippen LogP contribution in [0.25, 0.3) is 0 Å². The minimum absolute atomic E-state index is 0.151. The minimum Gasteiger partial charge on any atom is -0.481 e. The molecule has 0 bridgehead atoms. The summed E-state index contributed by atoms with van der Waals surface area (Å²) < 4.78 is 5.10. The van der Waals surface area contributed by atoms with Crippen molar-refractivity contribution in [2.24, 2.45) is 0 Å². The van der Waals surface area contributed by atoms with Gasteiger partial charge in [0.05, 0.1) is 22.8 Å². The van der Waals surface area contributed by atoms with Crippen LogP contribution >= 0.6 is 23.2 Å². The molecule has 0 saturated carbocycles. The summed E-state index contributed by atoms with van der Waals surface area (Å²) in [6.07, 6.45) is 0. The number of nitrogens with zero attached hydrogens (tertiary/aromatic N) is 1. The van der Waals surface area contributed by atoms with Gasteiger partial charge < -0.3 is 10.1 Å². The van der Waals surface area contributed by atoms with Gasteiger partial charge in [-0.3, -0.25) is 0 Å². The van der Waals surface area contributed by atoms with Gasteiger partial charge in [-0.1, -0.05) is 35.3 Å². The summed E-state index contributed by atoms with van der Waals surface area (Å²) in [6.45, 7) is 2.72. The van der Waals surface area contributed by atoms with Crippen LogP contribution in [-0.2, 0) is 6.54 Å². The van der Waals surface area contributed by atoms with Crippen LogP contribution in [-0.4, -0.2) is 12.1 Å². The number of halogens is 2. The normalized spacial score (nSPS) is 12.2. The van der Waals surface area contributed by atoms with E-state index in [1.54, 1.807) is 13.2 Å². The Hall–Kier alpha value is -1.29. The van der Waals surface area contributed by atoms with Crippen LogP contribution in [0.1, 0.15) is 24.2 Å². The van der Waals surface area contributed by atoms with Gasteiger partial charge in [0.1, 0.15) is 0 Å². The summed E-state index contributed by atoms with van der Waals surface area (Å²) >= 11 is 11.9. The van der Waals surface area contributed by atoms with E-state index in [9.17, 15) is 0 Å². The Labute approximate surface area is 128 Å². The Kier molecular flexibility index (Phi) is 5.24. The van der Waals surface area contributed by atoms with E-state index in [1.165, 1.54) is 0 Å². The van der Waals surface area contributed by atoms with E-state index in [0.29, 0.717) is 22.5 Å². The number of ether oxygens (including phenoxy) is 1. The van der Waals surface area contributed by atoms with Gasteiger partial charge in [0, 0.05) is 18.7 Å². The third-order valence-corrected chi connectivity index (χ3v) is 3.76. The third-order valence-electron chi connectivity index (χ3n) is 3.02. The van der Waals surface area contributed by atoms with E-state index in [-0.39, 0.29) is 6.04 Å². The van der Waals surface area contributed by atoms with Crippen molar-refractivity contribution >= 4 is 23.2 Å². The van der Waals surface area contributed by atoms with E-state index in [1.807, 2.05) is 30.3 Å². The highest BCUT2D eigenvalue weighted by Crippen LogP contribution is 2.25. The van der Waals surface area contributed by atoms with Crippen LogP contribution < -0.4 is 10.1 Å². The third kappa shape index (κ3) is 3.85. The van der Waals surface area contributed by atoms with Crippen molar-refractivity contribution < 1.29 is 4.74 Å². The predicted molar refractivity (Wildman–Crippen MR) is 82.5 cm³/mol. The number of methoxy groups -OCH3 is 1. The second-order valence-electron chi connectivity index (χ2n) is 4.45. The molecule has 0 amide bonds. The Morgan fingerprint density at radius 1 is 1.20 bits per heavy atom. The lowest BCUT2D eigenvalue weighted by atomic mass is 10.1. The highest BCUT2D eigenvalue weighted by molar-refractivity contribution is 6.42. The molecule has 2 rings (SSSR count). The summed E-state index contributed by atoms with van der Waals surface area (Å²) in [7, 11) is 1.61. The van der Waals surface area contributed by atoms with E-state index in [0.717, 1.165) is 11.3 Å². The van der Waals surface area contributed by atoms with Gasteiger partial charge in [0.25, 0.3) is 0 Å². The molecule has 1 aromatic heterocycles. The Morgan fingerprint density at radius 2 is 2.00 bits per heavy atom. The highest BCUT2D eigenvalue weighted by atomic mass is 35.5. The van der Waals surface area contributed by atoms with Crippen molar-refractivity contribution in [3.8, 4) is 5.88 Å². The highest BCUT2D eigenvalue weighted by Gasteiger charge is 2.08. The zero-order valence-corrected chi connectivity index (χ0v) is 12.9. The van der Waals surface area contributed by atoms with Crippen LogP contribution in [0, 0.1) is 0 Å². The van der Waals surface area contributed by atoms with Gasteiger partial charge in [0.15, 0.2) is 0 Å². The van der Waals surface area contributed by atoms with Crippen molar-refractivity contribution in [2.75, 3.05) is 7.11 Å². The molecular formula is C15H16Cl2N2O. The fourth-order valence-corrected chi connectivity index (χ4v) is 2.13. The summed E-state index contributed by atoms with van der Waals surface area (Å²) in [4.78, 5) is 4.36. The lowest BCUT2D eigenvalue weighted by molar-refractivity contribution is 0.395. The molecule has 1 atom stereocenters. The van der Waals surface area contributed by atoms with Gasteiger partial charge in [0.2, 0.25) is 5.88 Å². The average Bonchev–Trinajstić information content (AvgIpc) is 2.47. The molecule has 106 valence electrons. The predicted octanol–water partition coefficient (Wildman–Crippen LogP) is 4.25. The summed E-state index contributed by atoms with van der Waals surface area (Å²) in [6, 6.07) is 11.5. The molecule has 0 spiro atoms. The lowest BCUT2D eigenvalue weighted by Crippen LogP contribution is -2.18. The fraction of sp³-hybridized carbons (Fsp3) is 0.267. The van der Waals surface area contributed by atoms with Gasteiger partial charge in [-0.2, -0.15) is 0 Å². The summed E-state index contributed by atoms with van der Waals surface area (Å²) in [5, 5.41) is 4.53. The first-order valence-electron chi connectivity index (χ1n) is 6.28. The maximum Gasteiger partial charge on any atom is 0.213 e. The van der Waals surface area contributed by atoms with Crippen molar-refractivity contribution in [1.29, 1.82) is 0 Å². The molecule has 0 aliphatic heterocycles. The molecule has 3 nitrogen and oxygen atoms in total. The van der Waals surface area contributed by atoms with Gasteiger partial charge in [-0.15, -0.1) is 0 Å². The molecule has 20 heavy (non-hydrogen) atoms. The van der Waals surface area contributed by atoms with E-state index in [4.69, 9.17) is 27.9 Å². The molecule has 1 N–H and O–H groups in total. The Bertz CT molecular complexity index is 590. The van der Waals surface area contributed by atoms with E-state index in [2.05, 4.69) is 17.2 Å². The molecule has 2 aromatic rings. The monoisotopic (exact) mass is 310 g/mol. The Balaban J connectivity index is 2.00. The number of rotatable bonds is 5. The molecule has 0 aliphatic carbocycles. The fourth-order valence-electron chi connectivity index (χ4n) is 1.83. The number of hydrogen-bond donors (Lipinski definition) is 1. The first-order valence-corrected chi connectivity index (χ1v) is 7.04. The molecular weight excluding hydrogens is 295 g/mol. The topological polar surface area (TPSA) is 34.1 Å². The van der Waals surface area contributed by atoms with E-state index >= 15 is 0 Å². The maximum absolute atomic E-state index is 6.03. The number of nitrogens with one attached hydrogen (secondary N) is 1. The Morgan fingerprint density at radius 3 is 2.70 bits per heavy atom. The average molecular weight is 311 g/mol. The molecule has 0 saturated heterocycles. The van der Waals surface area contributed by atoms with Gasteiger partial charge in [-0.25, -0.2) is 4.98 Å². The van der Waals surface area contributed by atoms with Crippen LogP contribution in [0.4, 0.5) is 0 Å². The van der Waals surface area contributed by atoms with Crippen molar-refractivity contribution in [3.05, 3.63) is 57.7 Å². The quantitative estimate of drug-likeness (QED) is 0.896. The molecule has 0 aliphatic rings. The molecule has 1 aromatic carbocycles. The number of hydrogen-bond acceptors (Lipinski definition) is 3. The molecule has 0 radical (unpaired) electrons. The van der Waals surface area contributed by atoms with Crippen molar-refractivity contribution in [2.45, 2.75) is 19.5 Å². The summed E-state index contributed by atoms with van der Waals surface area (Å²) in [5.74, 6) is 0.617. The SMILES string of the molecule is COc1cccc(CNC(C)c2ccc(Cl)c(Cl)c2)n1. The van der Waals surface area contributed by atoms with Gasteiger partial charge in [-0.05, 0) is 30.7 Å². The first-order chi connectivity index (χ1) is 9.60. The molecule has 0 fully saturated rings. The lowest BCUT2D eigenvalue weighted by Gasteiger charge is -2.15. The first kappa shape index (κ1) is 15.1. The summed E-state index contributed by atoms with van der Waals surface area (Å²) in [5.41, 5.74) is 2.01. The second kappa shape index (κ2) is 6.93. The van der Waals surface area contributed by atoms with Crippen LogP contribution in [0.5, 0.6) is 5.88 Å². The van der Waals surface area contributed by atoms with Crippen molar-refractivity contribution in [1.82, 2.24) is 10.3 Å². The number of aromatic nitrogens is 1. The smallest absolute Gasteiger partial charge is 0.213 e. The standard InChI is InChI=1S/C15H16Cl2N2O/c1-10(11-6-7-13(16)14(17)8-11)18-9-12-4-3-5-15(19-12)20-2/h3-8,10,18H,9H2,1-2H3. The minimum atomic E-state index is 0.151. The van der Waals surface area contributed by atoms with Crippen LogP contribution in [0.15, 0.2) is 36.4 Å². The van der Waals surface area contributed by atoms with Crippen LogP contribution in [0.3, 0.4) is 0 Å². The largest absolute Gasteiger partial charge is 0.481 e. The zero-order chi connectivity index (χ0) is 14.5. The van der Waals surface area contributed by atoms with E-state index < -0.39 is 0 Å².